The molecular weight excluding hydrogens is 479 g/mol. The third-order valence-electron chi connectivity index (χ3n) is 5.96. The van der Waals surface area contributed by atoms with Crippen molar-refractivity contribution in [1.82, 2.24) is 5.32 Å². The molecule has 1 aliphatic rings. The number of carbonyl (C=O) groups excluding carboxylic acids is 2. The molecule has 0 radical (unpaired) electrons. The summed E-state index contributed by atoms with van der Waals surface area (Å²) in [5.74, 6) is -1.65. The lowest BCUT2D eigenvalue weighted by Crippen LogP contribution is -2.40. The second-order valence-corrected chi connectivity index (χ2v) is 8.95. The molecular formula is C25H26Cl2N2O5. The molecule has 0 spiro atoms. The van der Waals surface area contributed by atoms with Crippen LogP contribution in [-0.2, 0) is 19.7 Å². The lowest BCUT2D eigenvalue weighted by Gasteiger charge is -2.37. The van der Waals surface area contributed by atoms with Gasteiger partial charge in [0.2, 0.25) is 0 Å². The van der Waals surface area contributed by atoms with Gasteiger partial charge in [-0.25, -0.2) is 0 Å². The van der Waals surface area contributed by atoms with Crippen molar-refractivity contribution >= 4 is 41.1 Å². The SMILES string of the molecule is COCC1(c2ccc(/C=C/CC(NC(=O)c3c(Cl)cccc3Cl)C(=O)N=O)cc2)CCOCC1. The van der Waals surface area contributed by atoms with Crippen LogP contribution in [0.2, 0.25) is 10.0 Å². The van der Waals surface area contributed by atoms with E-state index in [4.69, 9.17) is 32.7 Å². The van der Waals surface area contributed by atoms with E-state index in [0.717, 1.165) is 18.4 Å². The number of amides is 2. The number of hydrogen-bond acceptors (Lipinski definition) is 5. The summed E-state index contributed by atoms with van der Waals surface area (Å²) >= 11 is 12.1. The Morgan fingerprint density at radius 2 is 1.79 bits per heavy atom. The van der Waals surface area contributed by atoms with Crippen LogP contribution in [0.1, 0.15) is 40.7 Å². The molecule has 0 bridgehead atoms. The maximum Gasteiger partial charge on any atom is 0.308 e. The van der Waals surface area contributed by atoms with Crippen molar-refractivity contribution < 1.29 is 19.1 Å². The Labute approximate surface area is 208 Å². The molecule has 1 unspecified atom stereocenters. The molecule has 1 aliphatic heterocycles. The first kappa shape index (κ1) is 26.0. The van der Waals surface area contributed by atoms with Crippen LogP contribution in [0.3, 0.4) is 0 Å². The Kier molecular flexibility index (Phi) is 9.36. The molecule has 9 heteroatoms. The molecule has 2 amide bonds. The van der Waals surface area contributed by atoms with Crippen LogP contribution in [0.25, 0.3) is 6.08 Å². The van der Waals surface area contributed by atoms with Crippen LogP contribution >= 0.6 is 23.2 Å². The number of rotatable bonds is 9. The molecule has 0 saturated carbocycles. The number of nitrogens with one attached hydrogen (secondary N) is 1. The standard InChI is InChI=1S/C25H26Cl2N2O5/c1-33-16-25(12-14-34-15-13-25)18-10-8-17(9-11-18)4-2-7-21(23(30)29-32)28-24(31)22-19(26)5-3-6-20(22)27/h2-6,8-11,21H,7,12-16H2,1H3,(H,28,31)/b4-2+. The first-order valence-corrected chi connectivity index (χ1v) is 11.6. The topological polar surface area (TPSA) is 94.1 Å². The number of nitroso groups, excluding NO2 is 1. The summed E-state index contributed by atoms with van der Waals surface area (Å²) in [7, 11) is 1.71. The molecule has 1 atom stereocenters. The van der Waals surface area contributed by atoms with Gasteiger partial charge in [0, 0.05) is 30.9 Å². The molecule has 7 nitrogen and oxygen atoms in total. The van der Waals surface area contributed by atoms with Gasteiger partial charge in [-0.15, -0.1) is 4.91 Å². The van der Waals surface area contributed by atoms with Crippen molar-refractivity contribution in [1.29, 1.82) is 0 Å². The van der Waals surface area contributed by atoms with E-state index in [2.05, 4.69) is 22.6 Å². The Morgan fingerprint density at radius 1 is 1.15 bits per heavy atom. The zero-order valence-corrected chi connectivity index (χ0v) is 20.3. The minimum Gasteiger partial charge on any atom is -0.384 e. The second-order valence-electron chi connectivity index (χ2n) is 8.14. The van der Waals surface area contributed by atoms with Crippen molar-refractivity contribution in [3.8, 4) is 0 Å². The maximum absolute atomic E-state index is 12.6. The molecule has 1 N–H and O–H groups in total. The van der Waals surface area contributed by atoms with E-state index < -0.39 is 17.9 Å². The largest absolute Gasteiger partial charge is 0.384 e. The molecule has 1 heterocycles. The van der Waals surface area contributed by atoms with Crippen LogP contribution in [0.5, 0.6) is 0 Å². The highest BCUT2D eigenvalue weighted by molar-refractivity contribution is 6.39. The number of hydrogen-bond donors (Lipinski definition) is 1. The fourth-order valence-corrected chi connectivity index (χ4v) is 4.64. The summed E-state index contributed by atoms with van der Waals surface area (Å²) < 4.78 is 11.0. The number of benzene rings is 2. The van der Waals surface area contributed by atoms with E-state index in [1.54, 1.807) is 19.3 Å². The summed E-state index contributed by atoms with van der Waals surface area (Å²) in [6, 6.07) is 11.6. The number of halogens is 2. The van der Waals surface area contributed by atoms with E-state index in [9.17, 15) is 14.5 Å². The third kappa shape index (κ3) is 6.30. The quantitative estimate of drug-likeness (QED) is 0.474. The van der Waals surface area contributed by atoms with Gasteiger partial charge < -0.3 is 14.8 Å². The monoisotopic (exact) mass is 504 g/mol. The van der Waals surface area contributed by atoms with Crippen LogP contribution in [0.4, 0.5) is 0 Å². The highest BCUT2D eigenvalue weighted by atomic mass is 35.5. The lowest BCUT2D eigenvalue weighted by atomic mass is 9.74. The Balaban J connectivity index is 1.69. The third-order valence-corrected chi connectivity index (χ3v) is 6.59. The van der Waals surface area contributed by atoms with Crippen molar-refractivity contribution in [3.05, 3.63) is 80.2 Å². The summed E-state index contributed by atoms with van der Waals surface area (Å²) in [6.07, 6.45) is 5.39. The first-order chi connectivity index (χ1) is 16.4. The van der Waals surface area contributed by atoms with Gasteiger partial charge in [0.25, 0.3) is 5.91 Å². The molecule has 2 aromatic carbocycles. The predicted octanol–water partition coefficient (Wildman–Crippen LogP) is 5.18. The maximum atomic E-state index is 12.6. The van der Waals surface area contributed by atoms with Crippen LogP contribution in [-0.4, -0.2) is 44.8 Å². The Bertz CT molecular complexity index is 1020. The Hall–Kier alpha value is -2.58. The van der Waals surface area contributed by atoms with Gasteiger partial charge in [-0.2, -0.15) is 0 Å². The van der Waals surface area contributed by atoms with E-state index in [-0.39, 0.29) is 27.4 Å². The highest BCUT2D eigenvalue weighted by Gasteiger charge is 2.34. The van der Waals surface area contributed by atoms with Gasteiger partial charge in [-0.1, -0.05) is 65.7 Å². The normalized spacial score (nSPS) is 16.2. The van der Waals surface area contributed by atoms with Crippen molar-refractivity contribution in [2.75, 3.05) is 26.9 Å². The van der Waals surface area contributed by atoms with Gasteiger partial charge in [-0.05, 0) is 42.5 Å². The van der Waals surface area contributed by atoms with Crippen molar-refractivity contribution in [3.63, 3.8) is 0 Å². The molecule has 0 aliphatic carbocycles. The molecule has 2 aromatic rings. The highest BCUT2D eigenvalue weighted by Crippen LogP contribution is 2.35. The summed E-state index contributed by atoms with van der Waals surface area (Å²) in [6.45, 7) is 2.04. The molecule has 180 valence electrons. The summed E-state index contributed by atoms with van der Waals surface area (Å²) in [5, 5.41) is 5.24. The minimum atomic E-state index is -1.14. The summed E-state index contributed by atoms with van der Waals surface area (Å²) in [4.78, 5) is 35.5. The van der Waals surface area contributed by atoms with Gasteiger partial charge in [0.05, 0.1) is 22.2 Å². The lowest BCUT2D eigenvalue weighted by molar-refractivity contribution is -0.119. The molecule has 1 saturated heterocycles. The van der Waals surface area contributed by atoms with E-state index in [1.165, 1.54) is 17.7 Å². The average molecular weight is 505 g/mol. The van der Waals surface area contributed by atoms with Gasteiger partial charge in [0.15, 0.2) is 0 Å². The fourth-order valence-electron chi connectivity index (χ4n) is 4.07. The number of carbonyl (C=O) groups is 2. The zero-order chi connectivity index (χ0) is 24.6. The van der Waals surface area contributed by atoms with E-state index >= 15 is 0 Å². The van der Waals surface area contributed by atoms with Crippen molar-refractivity contribution in [2.45, 2.75) is 30.7 Å². The van der Waals surface area contributed by atoms with Crippen LogP contribution in [0, 0.1) is 4.91 Å². The van der Waals surface area contributed by atoms with E-state index in [1.807, 2.05) is 18.2 Å². The van der Waals surface area contributed by atoms with Gasteiger partial charge >= 0.3 is 5.91 Å². The minimum absolute atomic E-state index is 0.0344. The average Bonchev–Trinajstić information content (AvgIpc) is 2.84. The number of nitrogens with zero attached hydrogens (tertiary/aromatic N) is 1. The number of methoxy groups -OCH3 is 1. The number of ether oxygens (including phenoxy) is 2. The molecule has 1 fully saturated rings. The smallest absolute Gasteiger partial charge is 0.308 e. The fraction of sp³-hybridized carbons (Fsp3) is 0.360. The second kappa shape index (κ2) is 12.2. The zero-order valence-electron chi connectivity index (χ0n) is 18.8. The summed E-state index contributed by atoms with van der Waals surface area (Å²) in [5.41, 5.74) is 2.07. The van der Waals surface area contributed by atoms with E-state index in [0.29, 0.717) is 19.8 Å². The first-order valence-electron chi connectivity index (χ1n) is 10.9. The Morgan fingerprint density at radius 3 is 2.38 bits per heavy atom. The van der Waals surface area contributed by atoms with Crippen molar-refractivity contribution in [2.24, 2.45) is 5.18 Å². The molecule has 3 rings (SSSR count). The molecule has 34 heavy (non-hydrogen) atoms. The van der Waals surface area contributed by atoms with Gasteiger partial charge in [-0.3, -0.25) is 9.59 Å². The predicted molar refractivity (Wildman–Crippen MR) is 132 cm³/mol. The van der Waals surface area contributed by atoms with Crippen LogP contribution in [0.15, 0.2) is 53.7 Å². The van der Waals surface area contributed by atoms with Crippen LogP contribution < -0.4 is 5.32 Å². The molecule has 0 aromatic heterocycles. The van der Waals surface area contributed by atoms with Gasteiger partial charge in [0.1, 0.15) is 6.04 Å².